The first-order valence-corrected chi connectivity index (χ1v) is 7.50. The smallest absolute Gasteiger partial charge is 0.0498 e. The van der Waals surface area contributed by atoms with Gasteiger partial charge in [0.1, 0.15) is 0 Å². The lowest BCUT2D eigenvalue weighted by Crippen LogP contribution is -1.99. The maximum absolute atomic E-state index is 11.2. The summed E-state index contributed by atoms with van der Waals surface area (Å²) in [5.74, 6) is 0. The normalized spacial score (nSPS) is 12.1. The highest BCUT2D eigenvalue weighted by Crippen LogP contribution is 2.14. The Bertz CT molecular complexity index is 537. The van der Waals surface area contributed by atoms with Gasteiger partial charge >= 0.3 is 0 Å². The van der Waals surface area contributed by atoms with E-state index < -0.39 is 10.8 Å². The minimum atomic E-state index is -0.922. The minimum Gasteiger partial charge on any atom is -0.381 e. The molecule has 1 N–H and O–H groups in total. The van der Waals surface area contributed by atoms with Gasteiger partial charge in [0.05, 0.1) is 0 Å². The Labute approximate surface area is 114 Å². The molecular weight excluding hydrogens is 266 g/mol. The van der Waals surface area contributed by atoms with E-state index in [4.69, 9.17) is 11.6 Å². The summed E-state index contributed by atoms with van der Waals surface area (Å²) in [6.45, 7) is 0.742. The fourth-order valence-electron chi connectivity index (χ4n) is 1.57. The molecule has 1 atom stereocenters. The van der Waals surface area contributed by atoms with Crippen molar-refractivity contribution in [3.8, 4) is 0 Å². The molecule has 2 rings (SSSR count). The molecule has 0 aliphatic carbocycles. The second kappa shape index (κ2) is 6.03. The number of benzene rings is 2. The van der Waals surface area contributed by atoms with Crippen molar-refractivity contribution in [2.45, 2.75) is 11.4 Å². The minimum absolute atomic E-state index is 0.742. The molecule has 4 heteroatoms. The van der Waals surface area contributed by atoms with Gasteiger partial charge in [-0.2, -0.15) is 0 Å². The first-order valence-electron chi connectivity index (χ1n) is 5.57. The molecule has 0 saturated heterocycles. The average molecular weight is 280 g/mol. The zero-order chi connectivity index (χ0) is 13.0. The van der Waals surface area contributed by atoms with Gasteiger partial charge in [-0.3, -0.25) is 4.21 Å². The number of rotatable bonds is 4. The van der Waals surface area contributed by atoms with Crippen molar-refractivity contribution >= 4 is 28.1 Å². The maximum Gasteiger partial charge on any atom is 0.0498 e. The van der Waals surface area contributed by atoms with E-state index in [2.05, 4.69) is 5.32 Å². The van der Waals surface area contributed by atoms with Gasteiger partial charge in [-0.15, -0.1) is 0 Å². The summed E-state index contributed by atoms with van der Waals surface area (Å²) in [4.78, 5) is 0.840. The van der Waals surface area contributed by atoms with E-state index in [1.165, 1.54) is 5.56 Å². The van der Waals surface area contributed by atoms with Gasteiger partial charge in [0, 0.05) is 39.2 Å². The van der Waals surface area contributed by atoms with E-state index in [1.807, 2.05) is 48.5 Å². The molecule has 2 aromatic rings. The molecule has 0 amide bonds. The monoisotopic (exact) mass is 279 g/mol. The number of nitrogens with one attached hydrogen (secondary N) is 1. The fourth-order valence-corrected chi connectivity index (χ4v) is 2.22. The number of anilines is 1. The first-order chi connectivity index (χ1) is 8.65. The van der Waals surface area contributed by atoms with Crippen LogP contribution in [0.5, 0.6) is 0 Å². The van der Waals surface area contributed by atoms with Crippen LogP contribution in [-0.4, -0.2) is 10.5 Å². The van der Waals surface area contributed by atoms with E-state index in [9.17, 15) is 4.21 Å². The molecule has 18 heavy (non-hydrogen) atoms. The largest absolute Gasteiger partial charge is 0.381 e. The van der Waals surface area contributed by atoms with Gasteiger partial charge < -0.3 is 5.32 Å². The molecule has 2 nitrogen and oxygen atoms in total. The van der Waals surface area contributed by atoms with Gasteiger partial charge in [-0.1, -0.05) is 23.7 Å². The second-order valence-electron chi connectivity index (χ2n) is 3.96. The van der Waals surface area contributed by atoms with Crippen LogP contribution in [0.1, 0.15) is 5.56 Å². The summed E-state index contributed by atoms with van der Waals surface area (Å²) in [5.41, 5.74) is 2.18. The molecule has 0 bridgehead atoms. The van der Waals surface area contributed by atoms with Gasteiger partial charge in [-0.05, 0) is 42.0 Å². The molecule has 0 radical (unpaired) electrons. The van der Waals surface area contributed by atoms with Gasteiger partial charge in [0.15, 0.2) is 0 Å². The first kappa shape index (κ1) is 13.1. The predicted octanol–water partition coefficient (Wildman–Crippen LogP) is 3.69. The number of hydrogen-bond donors (Lipinski definition) is 1. The highest BCUT2D eigenvalue weighted by atomic mass is 35.5. The van der Waals surface area contributed by atoms with Gasteiger partial charge in [0.2, 0.25) is 0 Å². The number of hydrogen-bond acceptors (Lipinski definition) is 2. The Hall–Kier alpha value is -1.32. The van der Waals surface area contributed by atoms with Crippen LogP contribution in [0.2, 0.25) is 5.02 Å². The summed E-state index contributed by atoms with van der Waals surface area (Å²) >= 11 is 5.83. The van der Waals surface area contributed by atoms with Crippen molar-refractivity contribution in [1.29, 1.82) is 0 Å². The molecule has 0 fully saturated rings. The Morgan fingerprint density at radius 3 is 2.22 bits per heavy atom. The van der Waals surface area contributed by atoms with Crippen LogP contribution in [0.15, 0.2) is 53.4 Å². The summed E-state index contributed by atoms with van der Waals surface area (Å²) in [6, 6.07) is 15.4. The Morgan fingerprint density at radius 1 is 1.06 bits per heavy atom. The van der Waals surface area contributed by atoms with Crippen LogP contribution in [0.4, 0.5) is 5.69 Å². The molecule has 0 aromatic heterocycles. The lowest BCUT2D eigenvalue weighted by atomic mass is 10.2. The SMILES string of the molecule is CS(=O)c1ccc(NCc2ccc(Cl)cc2)cc1. The number of halogens is 1. The van der Waals surface area contributed by atoms with Crippen LogP contribution in [0, 0.1) is 0 Å². The average Bonchev–Trinajstić information content (AvgIpc) is 2.38. The zero-order valence-electron chi connectivity index (χ0n) is 10.0. The van der Waals surface area contributed by atoms with Gasteiger partial charge in [0.25, 0.3) is 0 Å². The topological polar surface area (TPSA) is 29.1 Å². The lowest BCUT2D eigenvalue weighted by molar-refractivity contribution is 0.687. The molecule has 0 saturated carbocycles. The third kappa shape index (κ3) is 3.59. The standard InChI is InChI=1S/C14H14ClNOS/c1-18(17)14-8-6-13(7-9-14)16-10-11-2-4-12(15)5-3-11/h2-9,16H,10H2,1H3. The van der Waals surface area contributed by atoms with E-state index in [-0.39, 0.29) is 0 Å². The highest BCUT2D eigenvalue weighted by Gasteiger charge is 1.98. The van der Waals surface area contributed by atoms with Crippen LogP contribution in [-0.2, 0) is 17.3 Å². The van der Waals surface area contributed by atoms with E-state index >= 15 is 0 Å². The molecular formula is C14H14ClNOS. The Morgan fingerprint density at radius 2 is 1.67 bits per heavy atom. The fraction of sp³-hybridized carbons (Fsp3) is 0.143. The summed E-state index contributed by atoms with van der Waals surface area (Å²) < 4.78 is 11.2. The molecule has 0 aliphatic rings. The van der Waals surface area contributed by atoms with Crippen molar-refractivity contribution in [2.75, 3.05) is 11.6 Å². The molecule has 94 valence electrons. The van der Waals surface area contributed by atoms with Crippen LogP contribution in [0.25, 0.3) is 0 Å². The van der Waals surface area contributed by atoms with Crippen molar-refractivity contribution in [1.82, 2.24) is 0 Å². The van der Waals surface area contributed by atoms with Crippen molar-refractivity contribution in [3.05, 3.63) is 59.1 Å². The summed E-state index contributed by atoms with van der Waals surface area (Å²) in [7, 11) is -0.922. The molecule has 1 unspecified atom stereocenters. The van der Waals surface area contributed by atoms with Crippen LogP contribution >= 0.6 is 11.6 Å². The highest BCUT2D eigenvalue weighted by molar-refractivity contribution is 7.84. The van der Waals surface area contributed by atoms with Crippen LogP contribution in [0.3, 0.4) is 0 Å². The second-order valence-corrected chi connectivity index (χ2v) is 5.77. The summed E-state index contributed by atoms with van der Waals surface area (Å²) in [6.07, 6.45) is 1.68. The quantitative estimate of drug-likeness (QED) is 0.925. The molecule has 0 aliphatic heterocycles. The molecule has 0 spiro atoms. The Kier molecular flexibility index (Phi) is 4.39. The van der Waals surface area contributed by atoms with Crippen molar-refractivity contribution < 1.29 is 4.21 Å². The summed E-state index contributed by atoms with van der Waals surface area (Å²) in [5, 5.41) is 4.05. The maximum atomic E-state index is 11.2. The van der Waals surface area contributed by atoms with Crippen molar-refractivity contribution in [3.63, 3.8) is 0 Å². The van der Waals surface area contributed by atoms with E-state index in [0.29, 0.717) is 0 Å². The molecule has 2 aromatic carbocycles. The third-order valence-corrected chi connectivity index (χ3v) is 3.78. The van der Waals surface area contributed by atoms with Crippen molar-refractivity contribution in [2.24, 2.45) is 0 Å². The Balaban J connectivity index is 1.97. The predicted molar refractivity (Wildman–Crippen MR) is 77.6 cm³/mol. The third-order valence-electron chi connectivity index (χ3n) is 2.60. The van der Waals surface area contributed by atoms with Gasteiger partial charge in [-0.25, -0.2) is 0 Å². The van der Waals surface area contributed by atoms with E-state index in [0.717, 1.165) is 22.2 Å². The molecule has 0 heterocycles. The zero-order valence-corrected chi connectivity index (χ0v) is 11.6. The van der Waals surface area contributed by atoms with E-state index in [1.54, 1.807) is 6.26 Å². The van der Waals surface area contributed by atoms with Crippen LogP contribution < -0.4 is 5.32 Å². The lowest BCUT2D eigenvalue weighted by Gasteiger charge is -2.07.